The third-order valence-electron chi connectivity index (χ3n) is 6.40. The average molecular weight is 455 g/mol. The number of nitrogens with zero attached hydrogens (tertiary/aromatic N) is 3. The number of hydrogen-bond acceptors (Lipinski definition) is 6. The molecule has 2 aliphatic heterocycles. The van der Waals surface area contributed by atoms with Crippen LogP contribution in [0.15, 0.2) is 18.2 Å². The van der Waals surface area contributed by atoms with Gasteiger partial charge in [-0.25, -0.2) is 0 Å². The van der Waals surface area contributed by atoms with E-state index in [1.165, 1.54) is 5.56 Å². The molecule has 178 valence electrons. The lowest BCUT2D eigenvalue weighted by Crippen LogP contribution is -2.42. The molecule has 8 nitrogen and oxygen atoms in total. The summed E-state index contributed by atoms with van der Waals surface area (Å²) < 4.78 is 7.48. The molecule has 2 fully saturated rings. The van der Waals surface area contributed by atoms with Crippen LogP contribution in [-0.4, -0.2) is 51.7 Å². The Labute approximate surface area is 194 Å². The summed E-state index contributed by atoms with van der Waals surface area (Å²) in [6.07, 6.45) is 2.88. The minimum Gasteiger partial charge on any atom is -0.462 e. The maximum Gasteiger partial charge on any atom is 0.306 e. The summed E-state index contributed by atoms with van der Waals surface area (Å²) in [7, 11) is 0. The van der Waals surface area contributed by atoms with Gasteiger partial charge in [0.05, 0.1) is 17.6 Å². The number of fused-ring (bicyclic) bond motifs is 1. The maximum absolute atomic E-state index is 12.4. The van der Waals surface area contributed by atoms with Crippen molar-refractivity contribution in [3.63, 3.8) is 0 Å². The highest BCUT2D eigenvalue weighted by atomic mass is 16.5. The zero-order valence-corrected chi connectivity index (χ0v) is 20.0. The molecule has 0 bridgehead atoms. The number of aromatic nitrogens is 2. The fraction of sp³-hybridized carbons (Fsp3) is 0.600. The number of nitrogens with one attached hydrogen (secondary N) is 1. The maximum atomic E-state index is 12.4. The normalized spacial score (nSPS) is 20.8. The van der Waals surface area contributed by atoms with Gasteiger partial charge in [0.15, 0.2) is 0 Å². The Morgan fingerprint density at radius 1 is 1.18 bits per heavy atom. The Bertz CT molecular complexity index is 1060. The highest BCUT2D eigenvalue weighted by Gasteiger charge is 2.31. The van der Waals surface area contributed by atoms with E-state index in [2.05, 4.69) is 21.4 Å². The monoisotopic (exact) mass is 454 g/mol. The van der Waals surface area contributed by atoms with Gasteiger partial charge in [0, 0.05) is 31.4 Å². The van der Waals surface area contributed by atoms with Crippen molar-refractivity contribution >= 4 is 28.7 Å². The van der Waals surface area contributed by atoms with Crippen LogP contribution < -0.4 is 5.32 Å². The van der Waals surface area contributed by atoms with Crippen LogP contribution in [0.3, 0.4) is 0 Å². The van der Waals surface area contributed by atoms with E-state index in [0.717, 1.165) is 49.1 Å². The number of benzene rings is 1. The van der Waals surface area contributed by atoms with Crippen LogP contribution in [0, 0.1) is 12.3 Å². The first-order valence-corrected chi connectivity index (χ1v) is 11.8. The van der Waals surface area contributed by atoms with E-state index in [-0.39, 0.29) is 29.3 Å². The molecule has 1 atom stereocenters. The molecule has 4 rings (SSSR count). The quantitative estimate of drug-likeness (QED) is 0.551. The molecule has 0 saturated carbocycles. The molecular weight excluding hydrogens is 420 g/mol. The molecule has 33 heavy (non-hydrogen) atoms. The molecule has 0 aliphatic carbocycles. The number of ether oxygens (including phenoxy) is 1. The van der Waals surface area contributed by atoms with Gasteiger partial charge in [-0.3, -0.25) is 29.3 Å². The summed E-state index contributed by atoms with van der Waals surface area (Å²) >= 11 is 0. The van der Waals surface area contributed by atoms with Crippen molar-refractivity contribution in [3.8, 4) is 0 Å². The number of piperidine rings is 2. The van der Waals surface area contributed by atoms with Gasteiger partial charge in [0.25, 0.3) is 5.91 Å². The van der Waals surface area contributed by atoms with Crippen LogP contribution in [0.2, 0.25) is 0 Å². The summed E-state index contributed by atoms with van der Waals surface area (Å²) in [6, 6.07) is 5.64. The van der Waals surface area contributed by atoms with Gasteiger partial charge >= 0.3 is 5.97 Å². The van der Waals surface area contributed by atoms with Gasteiger partial charge in [-0.05, 0) is 43.2 Å². The van der Waals surface area contributed by atoms with E-state index < -0.39 is 6.04 Å². The number of likely N-dealkylation sites (tertiary alicyclic amines) is 1. The lowest BCUT2D eigenvalue weighted by Gasteiger charge is -2.32. The first-order chi connectivity index (χ1) is 15.6. The number of hydrogen-bond donors (Lipinski definition) is 1. The van der Waals surface area contributed by atoms with E-state index >= 15 is 0 Å². The number of rotatable bonds is 5. The highest BCUT2D eigenvalue weighted by molar-refractivity contribution is 6.00. The zero-order valence-electron chi connectivity index (χ0n) is 20.0. The van der Waals surface area contributed by atoms with E-state index in [1.54, 1.807) is 4.68 Å². The Balaban J connectivity index is 1.43. The molecule has 2 aromatic rings. The molecule has 0 spiro atoms. The molecule has 0 radical (unpaired) electrons. The van der Waals surface area contributed by atoms with E-state index in [0.29, 0.717) is 19.3 Å². The standard InChI is InChI=1S/C25H34N4O4/c1-16-23-17(15-28-12-10-18(11-13-28)33-22(31)14-25(2,3)4)6-5-7-19(23)29(27-16)20-8-9-21(30)26-24(20)32/h5-7,18,20H,8-15H2,1-4H3,(H,26,30,32). The molecule has 1 unspecified atom stereocenters. The van der Waals surface area contributed by atoms with E-state index in [4.69, 9.17) is 4.74 Å². The molecule has 8 heteroatoms. The average Bonchev–Trinajstić information content (AvgIpc) is 3.05. The smallest absolute Gasteiger partial charge is 0.306 e. The van der Waals surface area contributed by atoms with Gasteiger partial charge in [-0.2, -0.15) is 5.10 Å². The third-order valence-corrected chi connectivity index (χ3v) is 6.40. The summed E-state index contributed by atoms with van der Waals surface area (Å²) in [5, 5.41) is 8.18. The van der Waals surface area contributed by atoms with Gasteiger partial charge in [0.1, 0.15) is 12.1 Å². The largest absolute Gasteiger partial charge is 0.462 e. The number of imide groups is 1. The van der Waals surface area contributed by atoms with E-state index in [1.807, 2.05) is 39.8 Å². The van der Waals surface area contributed by atoms with Crippen LogP contribution in [0.1, 0.15) is 70.2 Å². The Morgan fingerprint density at radius 2 is 1.91 bits per heavy atom. The number of carbonyl (C=O) groups excluding carboxylic acids is 3. The molecule has 1 N–H and O–H groups in total. The molecular formula is C25H34N4O4. The minimum atomic E-state index is -0.465. The fourth-order valence-corrected chi connectivity index (χ4v) is 4.83. The van der Waals surface area contributed by atoms with Crippen molar-refractivity contribution in [2.45, 2.75) is 78.5 Å². The number of esters is 1. The molecule has 2 saturated heterocycles. The van der Waals surface area contributed by atoms with Crippen LogP contribution in [0.5, 0.6) is 0 Å². The van der Waals surface area contributed by atoms with Crippen LogP contribution in [-0.2, 0) is 25.7 Å². The van der Waals surface area contributed by atoms with Crippen molar-refractivity contribution < 1.29 is 19.1 Å². The fourth-order valence-electron chi connectivity index (χ4n) is 4.83. The predicted molar refractivity (Wildman–Crippen MR) is 124 cm³/mol. The predicted octanol–water partition coefficient (Wildman–Crippen LogP) is 3.27. The molecule has 2 aliphatic rings. The van der Waals surface area contributed by atoms with Crippen molar-refractivity contribution in [1.29, 1.82) is 0 Å². The van der Waals surface area contributed by atoms with Gasteiger partial charge in [0.2, 0.25) is 5.91 Å². The Morgan fingerprint density at radius 3 is 2.58 bits per heavy atom. The second-order valence-corrected chi connectivity index (χ2v) is 10.5. The first-order valence-electron chi connectivity index (χ1n) is 11.8. The first kappa shape index (κ1) is 23.4. The van der Waals surface area contributed by atoms with Crippen LogP contribution >= 0.6 is 0 Å². The SMILES string of the molecule is Cc1nn(C2CCC(=O)NC2=O)c2cccc(CN3CCC(OC(=O)CC(C)(C)C)CC3)c12. The molecule has 3 heterocycles. The highest BCUT2D eigenvalue weighted by Crippen LogP contribution is 2.30. The summed E-state index contributed by atoms with van der Waals surface area (Å²) in [5.41, 5.74) is 2.92. The number of aryl methyl sites for hydroxylation is 1. The number of carbonyl (C=O) groups is 3. The van der Waals surface area contributed by atoms with Crippen molar-refractivity contribution in [3.05, 3.63) is 29.5 Å². The molecule has 1 aromatic heterocycles. The van der Waals surface area contributed by atoms with Gasteiger partial charge < -0.3 is 4.74 Å². The third kappa shape index (κ3) is 5.43. The van der Waals surface area contributed by atoms with Crippen LogP contribution in [0.25, 0.3) is 10.9 Å². The number of amides is 2. The van der Waals surface area contributed by atoms with Crippen LogP contribution in [0.4, 0.5) is 0 Å². The van der Waals surface area contributed by atoms with Crippen molar-refractivity contribution in [1.82, 2.24) is 20.0 Å². The molecule has 2 amide bonds. The topological polar surface area (TPSA) is 93.5 Å². The summed E-state index contributed by atoms with van der Waals surface area (Å²) in [4.78, 5) is 38.5. The summed E-state index contributed by atoms with van der Waals surface area (Å²) in [5.74, 6) is -0.621. The van der Waals surface area contributed by atoms with Gasteiger partial charge in [-0.15, -0.1) is 0 Å². The second kappa shape index (κ2) is 9.25. The lowest BCUT2D eigenvalue weighted by atomic mass is 9.92. The zero-order chi connectivity index (χ0) is 23.8. The lowest BCUT2D eigenvalue weighted by molar-refractivity contribution is -0.153. The second-order valence-electron chi connectivity index (χ2n) is 10.5. The Hall–Kier alpha value is -2.74. The van der Waals surface area contributed by atoms with Crippen molar-refractivity contribution in [2.24, 2.45) is 5.41 Å². The van der Waals surface area contributed by atoms with E-state index in [9.17, 15) is 14.4 Å². The minimum absolute atomic E-state index is 0.0103. The Kier molecular flexibility index (Phi) is 6.56. The van der Waals surface area contributed by atoms with Crippen molar-refractivity contribution in [2.75, 3.05) is 13.1 Å². The van der Waals surface area contributed by atoms with Gasteiger partial charge in [-0.1, -0.05) is 32.9 Å². The summed E-state index contributed by atoms with van der Waals surface area (Å²) in [6.45, 7) is 10.6. The molecule has 1 aromatic carbocycles.